The molecule has 0 radical (unpaired) electrons. The van der Waals surface area contributed by atoms with Gasteiger partial charge in [0.15, 0.2) is 0 Å². The summed E-state index contributed by atoms with van der Waals surface area (Å²) in [7, 11) is 0. The zero-order valence-electron chi connectivity index (χ0n) is 14.3. The molecule has 1 rings (SSSR count). The van der Waals surface area contributed by atoms with Crippen LogP contribution < -0.4 is 5.32 Å². The zero-order chi connectivity index (χ0) is 15.2. The fraction of sp³-hybridized carbons (Fsp3) is 0.684. The van der Waals surface area contributed by atoms with Gasteiger partial charge in [0.1, 0.15) is 0 Å². The molecule has 0 saturated carbocycles. The number of hydrogen-bond donors (Lipinski definition) is 1. The van der Waals surface area contributed by atoms with Gasteiger partial charge in [-0.25, -0.2) is 0 Å². The van der Waals surface area contributed by atoms with E-state index in [0.717, 1.165) is 18.9 Å². The monoisotopic (exact) mass is 275 g/mol. The SMILES string of the molecule is CCNC(Cc1ccc(C(C)(C)C)cc1)C(CC)CC. The molecule has 20 heavy (non-hydrogen) atoms. The van der Waals surface area contributed by atoms with E-state index in [1.54, 1.807) is 0 Å². The summed E-state index contributed by atoms with van der Waals surface area (Å²) in [5.74, 6) is 0.775. The lowest BCUT2D eigenvalue weighted by Gasteiger charge is -2.26. The lowest BCUT2D eigenvalue weighted by atomic mass is 9.85. The van der Waals surface area contributed by atoms with Crippen LogP contribution in [0.15, 0.2) is 24.3 Å². The number of rotatable bonds is 7. The summed E-state index contributed by atoms with van der Waals surface area (Å²) < 4.78 is 0. The molecule has 1 aromatic carbocycles. The third-order valence-electron chi connectivity index (χ3n) is 4.36. The van der Waals surface area contributed by atoms with Gasteiger partial charge in [-0.2, -0.15) is 0 Å². The number of benzene rings is 1. The van der Waals surface area contributed by atoms with Crippen molar-refractivity contribution in [2.24, 2.45) is 5.92 Å². The predicted molar refractivity (Wildman–Crippen MR) is 90.4 cm³/mol. The van der Waals surface area contributed by atoms with Gasteiger partial charge in [-0.1, -0.05) is 78.6 Å². The van der Waals surface area contributed by atoms with Crippen molar-refractivity contribution in [3.05, 3.63) is 35.4 Å². The molecule has 0 heterocycles. The Labute approximate surface area is 126 Å². The Balaban J connectivity index is 2.78. The van der Waals surface area contributed by atoms with Gasteiger partial charge in [0, 0.05) is 6.04 Å². The molecule has 0 aliphatic carbocycles. The predicted octanol–water partition coefficient (Wildman–Crippen LogP) is 4.94. The van der Waals surface area contributed by atoms with E-state index >= 15 is 0 Å². The van der Waals surface area contributed by atoms with Crippen molar-refractivity contribution in [2.45, 2.75) is 72.3 Å². The number of nitrogens with one attached hydrogen (secondary N) is 1. The van der Waals surface area contributed by atoms with Crippen molar-refractivity contribution < 1.29 is 0 Å². The number of hydrogen-bond acceptors (Lipinski definition) is 1. The van der Waals surface area contributed by atoms with Crippen molar-refractivity contribution >= 4 is 0 Å². The second kappa shape index (κ2) is 7.83. The zero-order valence-corrected chi connectivity index (χ0v) is 14.3. The Kier molecular flexibility index (Phi) is 6.75. The molecule has 0 saturated heterocycles. The first-order chi connectivity index (χ1) is 9.42. The standard InChI is InChI=1S/C19H33N/c1-7-16(8-2)18(20-9-3)14-15-10-12-17(13-11-15)19(4,5)6/h10-13,16,18,20H,7-9,14H2,1-6H3. The van der Waals surface area contributed by atoms with E-state index in [-0.39, 0.29) is 5.41 Å². The van der Waals surface area contributed by atoms with E-state index in [1.807, 2.05) is 0 Å². The van der Waals surface area contributed by atoms with E-state index in [2.05, 4.69) is 71.1 Å². The summed E-state index contributed by atoms with van der Waals surface area (Å²) >= 11 is 0. The second-order valence-corrected chi connectivity index (χ2v) is 6.89. The molecular formula is C19H33N. The Morgan fingerprint density at radius 2 is 1.50 bits per heavy atom. The Bertz CT molecular complexity index is 368. The summed E-state index contributed by atoms with van der Waals surface area (Å²) in [6, 6.07) is 9.83. The Hall–Kier alpha value is -0.820. The van der Waals surface area contributed by atoms with E-state index in [9.17, 15) is 0 Å². The average Bonchev–Trinajstić information content (AvgIpc) is 2.40. The molecule has 0 amide bonds. The third-order valence-corrected chi connectivity index (χ3v) is 4.36. The molecule has 0 aromatic heterocycles. The summed E-state index contributed by atoms with van der Waals surface area (Å²) in [6.45, 7) is 14.7. The molecule has 0 aliphatic rings. The van der Waals surface area contributed by atoms with Crippen molar-refractivity contribution in [3.63, 3.8) is 0 Å². The highest BCUT2D eigenvalue weighted by atomic mass is 14.9. The van der Waals surface area contributed by atoms with Crippen LogP contribution >= 0.6 is 0 Å². The fourth-order valence-corrected chi connectivity index (χ4v) is 2.92. The lowest BCUT2D eigenvalue weighted by Crippen LogP contribution is -2.37. The quantitative estimate of drug-likeness (QED) is 0.743. The maximum Gasteiger partial charge on any atom is 0.0135 e. The van der Waals surface area contributed by atoms with Crippen LogP contribution in [0.5, 0.6) is 0 Å². The third kappa shape index (κ3) is 4.94. The van der Waals surface area contributed by atoms with Crippen LogP contribution in [0, 0.1) is 5.92 Å². The minimum absolute atomic E-state index is 0.245. The van der Waals surface area contributed by atoms with Gasteiger partial charge in [0.05, 0.1) is 0 Å². The molecule has 0 spiro atoms. The van der Waals surface area contributed by atoms with Crippen LogP contribution in [0.25, 0.3) is 0 Å². The minimum Gasteiger partial charge on any atom is -0.314 e. The molecule has 1 aromatic rings. The van der Waals surface area contributed by atoms with Crippen LogP contribution in [0.3, 0.4) is 0 Å². The summed E-state index contributed by atoms with van der Waals surface area (Å²) in [5.41, 5.74) is 3.12. The first-order valence-corrected chi connectivity index (χ1v) is 8.25. The second-order valence-electron chi connectivity index (χ2n) is 6.89. The average molecular weight is 275 g/mol. The molecule has 114 valence electrons. The van der Waals surface area contributed by atoms with Gasteiger partial charge in [0.25, 0.3) is 0 Å². The first-order valence-electron chi connectivity index (χ1n) is 8.25. The molecule has 1 heteroatoms. The topological polar surface area (TPSA) is 12.0 Å². The van der Waals surface area contributed by atoms with Gasteiger partial charge in [-0.15, -0.1) is 0 Å². The van der Waals surface area contributed by atoms with Gasteiger partial charge in [-0.3, -0.25) is 0 Å². The van der Waals surface area contributed by atoms with E-state index < -0.39 is 0 Å². The molecule has 1 atom stereocenters. The van der Waals surface area contributed by atoms with E-state index in [4.69, 9.17) is 0 Å². The smallest absolute Gasteiger partial charge is 0.0135 e. The van der Waals surface area contributed by atoms with Crippen molar-refractivity contribution in [3.8, 4) is 0 Å². The number of likely N-dealkylation sites (N-methyl/N-ethyl adjacent to an activating group) is 1. The summed E-state index contributed by atoms with van der Waals surface area (Å²) in [5, 5.41) is 3.68. The fourth-order valence-electron chi connectivity index (χ4n) is 2.92. The van der Waals surface area contributed by atoms with Gasteiger partial charge < -0.3 is 5.32 Å². The van der Waals surface area contributed by atoms with Gasteiger partial charge >= 0.3 is 0 Å². The van der Waals surface area contributed by atoms with Crippen LogP contribution in [-0.2, 0) is 11.8 Å². The van der Waals surface area contributed by atoms with Gasteiger partial charge in [-0.05, 0) is 35.4 Å². The maximum atomic E-state index is 3.68. The van der Waals surface area contributed by atoms with Crippen molar-refractivity contribution in [1.82, 2.24) is 5.32 Å². The Morgan fingerprint density at radius 3 is 1.90 bits per heavy atom. The van der Waals surface area contributed by atoms with Crippen LogP contribution in [0.1, 0.15) is 65.5 Å². The van der Waals surface area contributed by atoms with Crippen LogP contribution in [0.4, 0.5) is 0 Å². The minimum atomic E-state index is 0.245. The molecular weight excluding hydrogens is 242 g/mol. The first kappa shape index (κ1) is 17.2. The molecule has 0 aliphatic heterocycles. The summed E-state index contributed by atoms with van der Waals surface area (Å²) in [6.07, 6.45) is 3.66. The van der Waals surface area contributed by atoms with Crippen LogP contribution in [0.2, 0.25) is 0 Å². The van der Waals surface area contributed by atoms with Crippen molar-refractivity contribution in [1.29, 1.82) is 0 Å². The molecule has 1 N–H and O–H groups in total. The molecule has 1 unspecified atom stereocenters. The Morgan fingerprint density at radius 1 is 0.950 bits per heavy atom. The largest absolute Gasteiger partial charge is 0.314 e. The normalized spacial score (nSPS) is 13.8. The molecule has 1 nitrogen and oxygen atoms in total. The van der Waals surface area contributed by atoms with Gasteiger partial charge in [0.2, 0.25) is 0 Å². The molecule has 0 bridgehead atoms. The van der Waals surface area contributed by atoms with Crippen LogP contribution in [-0.4, -0.2) is 12.6 Å². The highest BCUT2D eigenvalue weighted by molar-refractivity contribution is 5.28. The highest BCUT2D eigenvalue weighted by Crippen LogP contribution is 2.23. The highest BCUT2D eigenvalue weighted by Gasteiger charge is 2.18. The van der Waals surface area contributed by atoms with E-state index in [0.29, 0.717) is 6.04 Å². The summed E-state index contributed by atoms with van der Waals surface area (Å²) in [4.78, 5) is 0. The maximum absolute atomic E-state index is 3.68. The van der Waals surface area contributed by atoms with E-state index in [1.165, 1.54) is 24.0 Å². The lowest BCUT2D eigenvalue weighted by molar-refractivity contribution is 0.336. The molecule has 0 fully saturated rings. The van der Waals surface area contributed by atoms with Crippen molar-refractivity contribution in [2.75, 3.05) is 6.54 Å².